The number of morpholine rings is 1. The van der Waals surface area contributed by atoms with E-state index in [0.717, 1.165) is 31.1 Å². The third-order valence-corrected chi connectivity index (χ3v) is 3.52. The molecule has 1 aromatic carbocycles. The third-order valence-electron chi connectivity index (χ3n) is 3.52. The van der Waals surface area contributed by atoms with E-state index in [-0.39, 0.29) is 18.1 Å². The van der Waals surface area contributed by atoms with Crippen molar-refractivity contribution in [3.63, 3.8) is 0 Å². The first kappa shape index (κ1) is 15.8. The molecule has 0 aliphatic carbocycles. The van der Waals surface area contributed by atoms with Crippen LogP contribution >= 0.6 is 0 Å². The number of methoxy groups -OCH3 is 1. The van der Waals surface area contributed by atoms with Gasteiger partial charge >= 0.3 is 0 Å². The number of ether oxygens (including phenoxy) is 2. The zero-order valence-corrected chi connectivity index (χ0v) is 13.0. The van der Waals surface area contributed by atoms with Gasteiger partial charge in [-0.3, -0.25) is 9.69 Å². The summed E-state index contributed by atoms with van der Waals surface area (Å²) in [5, 5.41) is 2.90. The molecule has 1 heterocycles. The summed E-state index contributed by atoms with van der Waals surface area (Å²) in [5.41, 5.74) is 0.796. The number of anilines is 1. The molecule has 1 aliphatic heterocycles. The van der Waals surface area contributed by atoms with Crippen molar-refractivity contribution in [1.82, 2.24) is 4.90 Å². The van der Waals surface area contributed by atoms with Gasteiger partial charge in [-0.15, -0.1) is 0 Å². The lowest BCUT2D eigenvalue weighted by Gasteiger charge is -2.35. The van der Waals surface area contributed by atoms with Crippen molar-refractivity contribution in [1.29, 1.82) is 0 Å². The van der Waals surface area contributed by atoms with E-state index in [9.17, 15) is 4.79 Å². The van der Waals surface area contributed by atoms with Gasteiger partial charge in [0.2, 0.25) is 5.91 Å². The number of hydrogen-bond acceptors (Lipinski definition) is 4. The Balaban J connectivity index is 1.76. The summed E-state index contributed by atoms with van der Waals surface area (Å²) in [6.45, 7) is 6.68. The number of carbonyl (C=O) groups is 1. The minimum absolute atomic E-state index is 0.0342. The third kappa shape index (κ3) is 5.02. The van der Waals surface area contributed by atoms with Crippen molar-refractivity contribution in [2.75, 3.05) is 32.1 Å². The number of rotatable bonds is 5. The maximum absolute atomic E-state index is 12.0. The van der Waals surface area contributed by atoms with Crippen molar-refractivity contribution in [3.05, 3.63) is 24.3 Å². The molecule has 1 aromatic rings. The first-order chi connectivity index (χ1) is 10.1. The van der Waals surface area contributed by atoms with Gasteiger partial charge in [0.05, 0.1) is 19.3 Å². The quantitative estimate of drug-likeness (QED) is 0.903. The Morgan fingerprint density at radius 3 is 2.48 bits per heavy atom. The van der Waals surface area contributed by atoms with Crippen LogP contribution in [0.25, 0.3) is 0 Å². The normalized spacial score (nSPS) is 22.8. The van der Waals surface area contributed by atoms with Crippen LogP contribution in [0.1, 0.15) is 20.3 Å². The summed E-state index contributed by atoms with van der Waals surface area (Å²) < 4.78 is 10.8. The fourth-order valence-corrected chi connectivity index (χ4v) is 2.62. The number of amides is 1. The Bertz CT molecular complexity index is 451. The first-order valence-electron chi connectivity index (χ1n) is 7.38. The molecule has 0 aromatic heterocycles. The van der Waals surface area contributed by atoms with Crippen molar-refractivity contribution in [3.8, 4) is 5.75 Å². The minimum Gasteiger partial charge on any atom is -0.497 e. The molecule has 2 atom stereocenters. The Morgan fingerprint density at radius 2 is 1.90 bits per heavy atom. The Kier molecular flexibility index (Phi) is 5.59. The smallest absolute Gasteiger partial charge is 0.225 e. The van der Waals surface area contributed by atoms with Crippen molar-refractivity contribution in [2.45, 2.75) is 32.5 Å². The zero-order chi connectivity index (χ0) is 15.2. The number of hydrogen-bond donors (Lipinski definition) is 1. The van der Waals surface area contributed by atoms with E-state index >= 15 is 0 Å². The van der Waals surface area contributed by atoms with E-state index in [0.29, 0.717) is 6.42 Å². The molecule has 0 radical (unpaired) electrons. The molecular weight excluding hydrogens is 268 g/mol. The van der Waals surface area contributed by atoms with Gasteiger partial charge in [-0.25, -0.2) is 0 Å². The SMILES string of the molecule is COc1ccc(NC(=O)CCN2C[C@H](C)O[C@@H](C)C2)cc1. The van der Waals surface area contributed by atoms with Crippen molar-refractivity contribution in [2.24, 2.45) is 0 Å². The van der Waals surface area contributed by atoms with Gasteiger partial charge in [0, 0.05) is 31.7 Å². The predicted molar refractivity (Wildman–Crippen MR) is 82.7 cm³/mol. The van der Waals surface area contributed by atoms with Gasteiger partial charge in [-0.1, -0.05) is 0 Å². The maximum Gasteiger partial charge on any atom is 0.225 e. The maximum atomic E-state index is 12.0. The highest BCUT2D eigenvalue weighted by atomic mass is 16.5. The van der Waals surface area contributed by atoms with Gasteiger partial charge < -0.3 is 14.8 Å². The monoisotopic (exact) mass is 292 g/mol. The molecule has 0 unspecified atom stereocenters. The van der Waals surface area contributed by atoms with E-state index in [1.165, 1.54) is 0 Å². The van der Waals surface area contributed by atoms with Crippen LogP contribution in [-0.2, 0) is 9.53 Å². The summed E-state index contributed by atoms with van der Waals surface area (Å²) in [4.78, 5) is 14.3. The summed E-state index contributed by atoms with van der Waals surface area (Å²) >= 11 is 0. The van der Waals surface area contributed by atoms with Crippen LogP contribution in [0.3, 0.4) is 0 Å². The van der Waals surface area contributed by atoms with E-state index in [1.54, 1.807) is 7.11 Å². The second-order valence-corrected chi connectivity index (χ2v) is 5.54. The zero-order valence-electron chi connectivity index (χ0n) is 13.0. The van der Waals surface area contributed by atoms with Crippen LogP contribution in [0, 0.1) is 0 Å². The number of benzene rings is 1. The van der Waals surface area contributed by atoms with E-state index in [2.05, 4.69) is 24.1 Å². The molecule has 1 aliphatic rings. The van der Waals surface area contributed by atoms with Crippen LogP contribution < -0.4 is 10.1 Å². The topological polar surface area (TPSA) is 50.8 Å². The molecule has 0 spiro atoms. The molecule has 1 fully saturated rings. The second-order valence-electron chi connectivity index (χ2n) is 5.54. The van der Waals surface area contributed by atoms with Crippen LogP contribution in [-0.4, -0.2) is 49.8 Å². The van der Waals surface area contributed by atoms with Gasteiger partial charge in [-0.05, 0) is 38.1 Å². The minimum atomic E-state index is 0.0342. The van der Waals surface area contributed by atoms with Crippen LogP contribution in [0.15, 0.2) is 24.3 Å². The number of carbonyl (C=O) groups excluding carboxylic acids is 1. The molecular formula is C16H24N2O3. The van der Waals surface area contributed by atoms with Crippen LogP contribution in [0.4, 0.5) is 5.69 Å². The highest BCUT2D eigenvalue weighted by Gasteiger charge is 2.22. The Hall–Kier alpha value is -1.59. The molecule has 0 saturated carbocycles. The summed E-state index contributed by atoms with van der Waals surface area (Å²) in [6, 6.07) is 7.35. The van der Waals surface area contributed by atoms with Crippen molar-refractivity contribution < 1.29 is 14.3 Å². The lowest BCUT2D eigenvalue weighted by Crippen LogP contribution is -2.46. The van der Waals surface area contributed by atoms with E-state index in [1.807, 2.05) is 24.3 Å². The lowest BCUT2D eigenvalue weighted by atomic mass is 10.2. The molecule has 1 saturated heterocycles. The molecule has 1 N–H and O–H groups in total. The number of nitrogens with one attached hydrogen (secondary N) is 1. The average molecular weight is 292 g/mol. The highest BCUT2D eigenvalue weighted by Crippen LogP contribution is 2.15. The van der Waals surface area contributed by atoms with Gasteiger partial charge in [0.1, 0.15) is 5.75 Å². The molecule has 21 heavy (non-hydrogen) atoms. The van der Waals surface area contributed by atoms with Gasteiger partial charge in [-0.2, -0.15) is 0 Å². The standard InChI is InChI=1S/C16H24N2O3/c1-12-10-18(11-13(2)21-12)9-8-16(19)17-14-4-6-15(20-3)7-5-14/h4-7,12-13H,8-11H2,1-3H3,(H,17,19)/t12-,13-/m0/s1. The molecule has 116 valence electrons. The Labute approximate surface area is 126 Å². The summed E-state index contributed by atoms with van der Waals surface area (Å²) in [7, 11) is 1.62. The lowest BCUT2D eigenvalue weighted by molar-refractivity contribution is -0.117. The largest absolute Gasteiger partial charge is 0.497 e. The highest BCUT2D eigenvalue weighted by molar-refractivity contribution is 5.90. The van der Waals surface area contributed by atoms with E-state index in [4.69, 9.17) is 9.47 Å². The van der Waals surface area contributed by atoms with Crippen molar-refractivity contribution >= 4 is 11.6 Å². The Morgan fingerprint density at radius 1 is 1.29 bits per heavy atom. The van der Waals surface area contributed by atoms with Crippen LogP contribution in [0.5, 0.6) is 5.75 Å². The predicted octanol–water partition coefficient (Wildman–Crippen LogP) is 2.13. The molecule has 1 amide bonds. The fraction of sp³-hybridized carbons (Fsp3) is 0.562. The van der Waals surface area contributed by atoms with Gasteiger partial charge in [0.15, 0.2) is 0 Å². The fourth-order valence-electron chi connectivity index (χ4n) is 2.62. The summed E-state index contributed by atoms with van der Waals surface area (Å²) in [6.07, 6.45) is 0.961. The summed E-state index contributed by atoms with van der Waals surface area (Å²) in [5.74, 6) is 0.816. The average Bonchev–Trinajstić information content (AvgIpc) is 2.45. The van der Waals surface area contributed by atoms with Crippen LogP contribution in [0.2, 0.25) is 0 Å². The molecule has 5 heteroatoms. The van der Waals surface area contributed by atoms with Gasteiger partial charge in [0.25, 0.3) is 0 Å². The molecule has 0 bridgehead atoms. The number of nitrogens with zero attached hydrogens (tertiary/aromatic N) is 1. The van der Waals surface area contributed by atoms with E-state index < -0.39 is 0 Å². The second kappa shape index (κ2) is 7.43. The molecule has 5 nitrogen and oxygen atoms in total. The first-order valence-corrected chi connectivity index (χ1v) is 7.38. The molecule has 2 rings (SSSR count).